The molecule has 7 heteroatoms. The average Bonchev–Trinajstić information content (AvgIpc) is 2.73. The fraction of sp³-hybridized carbons (Fsp3) is 0.609. The molecule has 7 nitrogen and oxygen atoms in total. The van der Waals surface area contributed by atoms with E-state index < -0.39 is 30.0 Å². The molecule has 0 fully saturated rings. The predicted molar refractivity (Wildman–Crippen MR) is 117 cm³/mol. The standard InChI is InChI=1S/C23H35NO6/c1-9-20(30-23(28)18(7)21(24-29)17(6)19(8)26)15(4)14(3)16(5)22(27)13(2)11-10-12-25/h13,15,17,20-21,25H,3,5,7,9-12H2,1-2,4,6,8H3/t13-,15-,17-,20-,21+/m1/s1. The molecule has 1 N–H and O–H groups in total. The van der Waals surface area contributed by atoms with Gasteiger partial charge in [0.2, 0.25) is 0 Å². The van der Waals surface area contributed by atoms with Crippen LogP contribution in [0.2, 0.25) is 0 Å². The monoisotopic (exact) mass is 421 g/mol. The molecular formula is C23H35NO6. The first-order chi connectivity index (χ1) is 13.9. The molecule has 0 heterocycles. The van der Waals surface area contributed by atoms with Crippen LogP contribution < -0.4 is 0 Å². The van der Waals surface area contributed by atoms with Crippen molar-refractivity contribution in [3.05, 3.63) is 41.4 Å². The van der Waals surface area contributed by atoms with Gasteiger partial charge < -0.3 is 9.84 Å². The Morgan fingerprint density at radius 1 is 1.03 bits per heavy atom. The van der Waals surface area contributed by atoms with Crippen LogP contribution >= 0.6 is 0 Å². The van der Waals surface area contributed by atoms with E-state index in [1.54, 1.807) is 13.8 Å². The molecule has 0 spiro atoms. The van der Waals surface area contributed by atoms with Gasteiger partial charge in [-0.1, -0.05) is 52.6 Å². The topological polar surface area (TPSA) is 110 Å². The van der Waals surface area contributed by atoms with E-state index in [4.69, 9.17) is 9.84 Å². The molecule has 0 aliphatic rings. The molecule has 0 rings (SSSR count). The highest BCUT2D eigenvalue weighted by atomic mass is 16.5. The number of hydrogen-bond acceptors (Lipinski definition) is 7. The van der Waals surface area contributed by atoms with Gasteiger partial charge in [0.25, 0.3) is 0 Å². The quantitative estimate of drug-likeness (QED) is 0.185. The lowest BCUT2D eigenvalue weighted by Crippen LogP contribution is -2.32. The molecule has 0 saturated heterocycles. The Bertz CT molecular complexity index is 696. The largest absolute Gasteiger partial charge is 0.458 e. The van der Waals surface area contributed by atoms with Crippen molar-refractivity contribution in [2.75, 3.05) is 6.61 Å². The Hall–Kier alpha value is -2.41. The maximum absolute atomic E-state index is 12.6. The van der Waals surface area contributed by atoms with Gasteiger partial charge in [0.05, 0.1) is 5.57 Å². The van der Waals surface area contributed by atoms with Gasteiger partial charge >= 0.3 is 5.97 Å². The first-order valence-corrected chi connectivity index (χ1v) is 10.2. The number of aliphatic hydroxyl groups excluding tert-OH is 1. The molecule has 5 atom stereocenters. The van der Waals surface area contributed by atoms with E-state index in [-0.39, 0.29) is 35.2 Å². The van der Waals surface area contributed by atoms with Crippen LogP contribution in [0.5, 0.6) is 0 Å². The van der Waals surface area contributed by atoms with E-state index in [0.29, 0.717) is 24.8 Å². The van der Waals surface area contributed by atoms with Crippen molar-refractivity contribution in [2.24, 2.45) is 22.9 Å². The van der Waals surface area contributed by atoms with Crippen LogP contribution in [-0.2, 0) is 19.1 Å². The summed E-state index contributed by atoms with van der Waals surface area (Å²) in [5, 5.41) is 11.8. The van der Waals surface area contributed by atoms with Crippen LogP contribution in [0.3, 0.4) is 0 Å². The van der Waals surface area contributed by atoms with Crippen molar-refractivity contribution in [3.63, 3.8) is 0 Å². The van der Waals surface area contributed by atoms with Crippen molar-refractivity contribution >= 4 is 17.5 Å². The van der Waals surface area contributed by atoms with Crippen LogP contribution in [0.4, 0.5) is 0 Å². The smallest absolute Gasteiger partial charge is 0.336 e. The van der Waals surface area contributed by atoms with Gasteiger partial charge in [0.1, 0.15) is 17.9 Å². The number of carbonyl (C=O) groups is 3. The summed E-state index contributed by atoms with van der Waals surface area (Å²) < 4.78 is 5.52. The number of allylic oxidation sites excluding steroid dienone is 1. The number of esters is 1. The number of ether oxygens (including phenoxy) is 1. The molecule has 0 bridgehead atoms. The second-order valence-electron chi connectivity index (χ2n) is 7.75. The third-order valence-electron chi connectivity index (χ3n) is 5.54. The zero-order chi connectivity index (χ0) is 23.6. The lowest BCUT2D eigenvalue weighted by atomic mass is 9.84. The van der Waals surface area contributed by atoms with Gasteiger partial charge in [-0.25, -0.2) is 4.79 Å². The van der Waals surface area contributed by atoms with Crippen molar-refractivity contribution in [3.8, 4) is 0 Å². The molecule has 168 valence electrons. The average molecular weight is 422 g/mol. The predicted octanol–water partition coefficient (Wildman–Crippen LogP) is 3.95. The second-order valence-corrected chi connectivity index (χ2v) is 7.75. The molecule has 0 aromatic heterocycles. The highest BCUT2D eigenvalue weighted by Gasteiger charge is 2.33. The summed E-state index contributed by atoms with van der Waals surface area (Å²) in [7, 11) is 0. The van der Waals surface area contributed by atoms with E-state index in [1.165, 1.54) is 13.8 Å². The minimum absolute atomic E-state index is 0.0120. The van der Waals surface area contributed by atoms with E-state index in [2.05, 4.69) is 24.9 Å². The summed E-state index contributed by atoms with van der Waals surface area (Å²) in [6, 6.07) is -1.20. The van der Waals surface area contributed by atoms with Crippen molar-refractivity contribution < 1.29 is 24.2 Å². The summed E-state index contributed by atoms with van der Waals surface area (Å²) in [6.07, 6.45) is 0.863. The van der Waals surface area contributed by atoms with Crippen molar-refractivity contribution in [1.29, 1.82) is 0 Å². The number of rotatable bonds is 15. The minimum Gasteiger partial charge on any atom is -0.458 e. The van der Waals surface area contributed by atoms with Gasteiger partial charge in [-0.05, 0) is 31.8 Å². The van der Waals surface area contributed by atoms with Crippen LogP contribution in [-0.4, -0.2) is 41.4 Å². The van der Waals surface area contributed by atoms with Gasteiger partial charge in [0, 0.05) is 29.9 Å². The number of aliphatic hydroxyl groups is 1. The third kappa shape index (κ3) is 7.44. The molecule has 0 aliphatic carbocycles. The summed E-state index contributed by atoms with van der Waals surface area (Å²) in [5.74, 6) is -2.75. The van der Waals surface area contributed by atoms with Gasteiger partial charge in [0.15, 0.2) is 5.78 Å². The molecule has 0 amide bonds. The molecular weight excluding hydrogens is 386 g/mol. The summed E-state index contributed by atoms with van der Waals surface area (Å²) in [4.78, 5) is 47.8. The molecule has 0 radical (unpaired) electrons. The van der Waals surface area contributed by atoms with Gasteiger partial charge in [-0.15, -0.1) is 0 Å². The summed E-state index contributed by atoms with van der Waals surface area (Å²) in [6.45, 7) is 19.6. The van der Waals surface area contributed by atoms with Crippen LogP contribution in [0.25, 0.3) is 0 Å². The lowest BCUT2D eigenvalue weighted by Gasteiger charge is -2.27. The fourth-order valence-electron chi connectivity index (χ4n) is 3.04. The third-order valence-corrected chi connectivity index (χ3v) is 5.54. The first kappa shape index (κ1) is 27.6. The number of carbonyl (C=O) groups excluding carboxylic acids is 3. The number of hydrogen-bond donors (Lipinski definition) is 1. The zero-order valence-corrected chi connectivity index (χ0v) is 18.8. The normalized spacial score (nSPS) is 15.8. The molecule has 0 aliphatic heterocycles. The number of nitrogens with zero attached hydrogens (tertiary/aromatic N) is 1. The Morgan fingerprint density at radius 2 is 1.60 bits per heavy atom. The summed E-state index contributed by atoms with van der Waals surface area (Å²) >= 11 is 0. The zero-order valence-electron chi connectivity index (χ0n) is 18.8. The maximum atomic E-state index is 12.6. The number of nitroso groups, excluding NO2 is 1. The Morgan fingerprint density at radius 3 is 2.03 bits per heavy atom. The Labute approximate surface area is 179 Å². The summed E-state index contributed by atoms with van der Waals surface area (Å²) in [5.41, 5.74) is 0.540. The van der Waals surface area contributed by atoms with E-state index in [1.807, 2.05) is 6.92 Å². The highest BCUT2D eigenvalue weighted by Crippen LogP contribution is 2.28. The van der Waals surface area contributed by atoms with E-state index in [0.717, 1.165) is 0 Å². The van der Waals surface area contributed by atoms with Crippen LogP contribution in [0.1, 0.15) is 53.9 Å². The van der Waals surface area contributed by atoms with E-state index >= 15 is 0 Å². The van der Waals surface area contributed by atoms with Crippen LogP contribution in [0, 0.1) is 22.7 Å². The fourth-order valence-corrected chi connectivity index (χ4v) is 3.04. The van der Waals surface area contributed by atoms with Crippen molar-refractivity contribution in [1.82, 2.24) is 0 Å². The number of ketones is 2. The van der Waals surface area contributed by atoms with E-state index in [9.17, 15) is 19.3 Å². The molecule has 0 aromatic carbocycles. The second kappa shape index (κ2) is 13.0. The van der Waals surface area contributed by atoms with Gasteiger partial charge in [-0.3, -0.25) is 9.59 Å². The molecule has 0 aromatic rings. The minimum atomic E-state index is -1.20. The highest BCUT2D eigenvalue weighted by molar-refractivity contribution is 6.00. The Kier molecular flexibility index (Phi) is 12.0. The maximum Gasteiger partial charge on any atom is 0.336 e. The molecule has 0 saturated carbocycles. The first-order valence-electron chi connectivity index (χ1n) is 10.2. The lowest BCUT2D eigenvalue weighted by molar-refractivity contribution is -0.146. The van der Waals surface area contributed by atoms with Crippen molar-refractivity contribution in [2.45, 2.75) is 66.0 Å². The SMILES string of the molecule is C=C(C(=C)[C@@H](C)[C@@H](CC)OC(=O)C(=C)[C@@H](N=O)[C@H](C)C(C)=O)C(=O)[C@H](C)CCCO. The van der Waals surface area contributed by atoms with Gasteiger partial charge in [-0.2, -0.15) is 4.91 Å². The van der Waals surface area contributed by atoms with Crippen LogP contribution in [0.15, 0.2) is 41.6 Å². The Balaban J connectivity index is 5.25. The molecule has 30 heavy (non-hydrogen) atoms. The molecule has 0 unspecified atom stereocenters. The number of Topliss-reactive ketones (excluding diaryl/α,β-unsaturated/α-hetero) is 2.